The first kappa shape index (κ1) is 18.9. The molecule has 0 unspecified atom stereocenters. The van der Waals surface area contributed by atoms with Gasteiger partial charge in [0.2, 0.25) is 5.95 Å². The average molecular weight is 431 g/mol. The van der Waals surface area contributed by atoms with Crippen molar-refractivity contribution in [2.45, 2.75) is 49.6 Å². The fraction of sp³-hybridized carbons (Fsp3) is 0.500. The number of thioether (sulfide) groups is 1. The highest BCUT2D eigenvalue weighted by molar-refractivity contribution is 7.98. The molecule has 7 nitrogen and oxygen atoms in total. The number of piperidine rings is 1. The van der Waals surface area contributed by atoms with Crippen molar-refractivity contribution in [1.29, 1.82) is 0 Å². The zero-order valence-electron chi connectivity index (χ0n) is 16.3. The fourth-order valence-corrected chi connectivity index (χ4v) is 4.84. The Kier molecular flexibility index (Phi) is 4.99. The summed E-state index contributed by atoms with van der Waals surface area (Å²) in [5, 5.41) is 10.5. The first-order valence-electron chi connectivity index (χ1n) is 10.1. The molecule has 3 aromatic rings. The van der Waals surface area contributed by atoms with E-state index in [-0.39, 0.29) is 5.56 Å². The van der Waals surface area contributed by atoms with Crippen LogP contribution in [0.3, 0.4) is 0 Å². The van der Waals surface area contributed by atoms with Crippen molar-refractivity contribution in [3.8, 4) is 0 Å². The molecule has 0 amide bonds. The monoisotopic (exact) mass is 430 g/mol. The van der Waals surface area contributed by atoms with Crippen molar-refractivity contribution in [1.82, 2.24) is 24.1 Å². The van der Waals surface area contributed by atoms with Crippen molar-refractivity contribution in [2.24, 2.45) is 5.92 Å². The zero-order chi connectivity index (χ0) is 20.0. The summed E-state index contributed by atoms with van der Waals surface area (Å²) in [6.45, 7) is 4.40. The minimum absolute atomic E-state index is 0.125. The van der Waals surface area contributed by atoms with Crippen LogP contribution in [0.1, 0.15) is 44.3 Å². The van der Waals surface area contributed by atoms with Crippen LogP contribution < -0.4 is 10.5 Å². The van der Waals surface area contributed by atoms with E-state index in [2.05, 4.69) is 31.6 Å². The van der Waals surface area contributed by atoms with Gasteiger partial charge >= 0.3 is 0 Å². The van der Waals surface area contributed by atoms with Crippen molar-refractivity contribution < 1.29 is 0 Å². The number of hydrogen-bond acceptors (Lipinski definition) is 6. The Labute approximate surface area is 178 Å². The second-order valence-corrected chi connectivity index (χ2v) is 9.38. The van der Waals surface area contributed by atoms with Crippen LogP contribution in [-0.4, -0.2) is 37.2 Å². The number of nitrogens with zero attached hydrogens (tertiary/aromatic N) is 6. The van der Waals surface area contributed by atoms with Crippen LogP contribution in [0.4, 0.5) is 5.95 Å². The summed E-state index contributed by atoms with van der Waals surface area (Å²) in [4.78, 5) is 19.4. The van der Waals surface area contributed by atoms with Crippen molar-refractivity contribution in [3.05, 3.63) is 45.5 Å². The SMILES string of the molecule is CC1CCN(c2nnc(SCc3cc(=O)n4cc(Cl)ccc4n3)n2C2CC2)CC1. The molecule has 1 aliphatic carbocycles. The molecule has 29 heavy (non-hydrogen) atoms. The van der Waals surface area contributed by atoms with Gasteiger partial charge in [-0.3, -0.25) is 13.8 Å². The molecule has 4 heterocycles. The lowest BCUT2D eigenvalue weighted by atomic mass is 10.00. The van der Waals surface area contributed by atoms with Gasteiger partial charge in [-0.25, -0.2) is 4.98 Å². The van der Waals surface area contributed by atoms with E-state index in [0.29, 0.717) is 22.5 Å². The molecule has 0 spiro atoms. The van der Waals surface area contributed by atoms with Gasteiger partial charge in [-0.05, 0) is 43.7 Å². The number of aromatic nitrogens is 5. The third kappa shape index (κ3) is 3.88. The maximum atomic E-state index is 12.4. The van der Waals surface area contributed by atoms with Gasteiger partial charge in [-0.2, -0.15) is 0 Å². The molecule has 2 fully saturated rings. The van der Waals surface area contributed by atoms with Gasteiger partial charge in [0, 0.05) is 37.1 Å². The molecular formula is C20H23ClN6OS. The van der Waals surface area contributed by atoms with Crippen LogP contribution in [0.5, 0.6) is 0 Å². The van der Waals surface area contributed by atoms with Crippen molar-refractivity contribution in [2.75, 3.05) is 18.0 Å². The lowest BCUT2D eigenvalue weighted by Crippen LogP contribution is -2.34. The average Bonchev–Trinajstić information content (AvgIpc) is 3.47. The van der Waals surface area contributed by atoms with Gasteiger partial charge in [0.1, 0.15) is 5.65 Å². The standard InChI is InChI=1S/C20H23ClN6OS/c1-13-6-8-25(9-7-13)19-23-24-20(27(19)16-3-4-16)29-12-15-10-18(28)26-11-14(21)2-5-17(26)22-15/h2,5,10-11,13,16H,3-4,6-9,12H2,1H3. The van der Waals surface area contributed by atoms with Crippen molar-refractivity contribution in [3.63, 3.8) is 0 Å². The number of fused-ring (bicyclic) bond motifs is 1. The minimum atomic E-state index is -0.125. The van der Waals surface area contributed by atoms with Crippen LogP contribution in [0.25, 0.3) is 5.65 Å². The van der Waals surface area contributed by atoms with Gasteiger partial charge in [-0.1, -0.05) is 30.3 Å². The smallest absolute Gasteiger partial charge is 0.258 e. The lowest BCUT2D eigenvalue weighted by Gasteiger charge is -2.31. The molecular weight excluding hydrogens is 408 g/mol. The highest BCUT2D eigenvalue weighted by Gasteiger charge is 2.32. The number of anilines is 1. The maximum absolute atomic E-state index is 12.4. The summed E-state index contributed by atoms with van der Waals surface area (Å²) in [7, 11) is 0. The normalized spacial score (nSPS) is 17.9. The molecule has 0 radical (unpaired) electrons. The molecule has 9 heteroatoms. The topological polar surface area (TPSA) is 68.3 Å². The Morgan fingerprint density at radius 3 is 2.72 bits per heavy atom. The third-order valence-electron chi connectivity index (χ3n) is 5.65. The number of pyridine rings is 1. The summed E-state index contributed by atoms with van der Waals surface area (Å²) >= 11 is 7.59. The molecule has 5 rings (SSSR count). The Balaban J connectivity index is 1.38. The lowest BCUT2D eigenvalue weighted by molar-refractivity contribution is 0.429. The van der Waals surface area contributed by atoms with Gasteiger partial charge in [0.25, 0.3) is 5.56 Å². The third-order valence-corrected chi connectivity index (χ3v) is 6.85. The molecule has 3 aromatic heterocycles. The molecule has 1 aliphatic heterocycles. The van der Waals surface area contributed by atoms with E-state index >= 15 is 0 Å². The molecule has 2 aliphatic rings. The summed E-state index contributed by atoms with van der Waals surface area (Å²) in [5.74, 6) is 2.37. The second-order valence-electron chi connectivity index (χ2n) is 8.00. The number of hydrogen-bond donors (Lipinski definition) is 0. The number of halogens is 1. The zero-order valence-corrected chi connectivity index (χ0v) is 17.9. The molecule has 152 valence electrons. The predicted molar refractivity (Wildman–Crippen MR) is 115 cm³/mol. The Morgan fingerprint density at radius 2 is 1.97 bits per heavy atom. The van der Waals surface area contributed by atoms with Gasteiger partial charge in [-0.15, -0.1) is 10.2 Å². The Morgan fingerprint density at radius 1 is 1.17 bits per heavy atom. The van der Waals surface area contributed by atoms with Crippen LogP contribution >= 0.6 is 23.4 Å². The quantitative estimate of drug-likeness (QED) is 0.573. The largest absolute Gasteiger partial charge is 0.341 e. The minimum Gasteiger partial charge on any atom is -0.341 e. The van der Waals surface area contributed by atoms with E-state index in [1.807, 2.05) is 0 Å². The number of rotatable bonds is 5. The van der Waals surface area contributed by atoms with Crippen LogP contribution in [0.2, 0.25) is 5.02 Å². The van der Waals surface area contributed by atoms with Crippen LogP contribution in [-0.2, 0) is 5.75 Å². The van der Waals surface area contributed by atoms with E-state index in [0.717, 1.165) is 35.8 Å². The molecule has 1 saturated heterocycles. The van der Waals surface area contributed by atoms with E-state index in [1.165, 1.54) is 30.1 Å². The summed E-state index contributed by atoms with van der Waals surface area (Å²) in [5.41, 5.74) is 1.21. The van der Waals surface area contributed by atoms with Gasteiger partial charge in [0.15, 0.2) is 5.16 Å². The maximum Gasteiger partial charge on any atom is 0.258 e. The fourth-order valence-electron chi connectivity index (χ4n) is 3.78. The van der Waals surface area contributed by atoms with Crippen LogP contribution in [0, 0.1) is 5.92 Å². The summed E-state index contributed by atoms with van der Waals surface area (Å²) in [6.07, 6.45) is 6.36. The molecule has 0 atom stereocenters. The molecule has 1 saturated carbocycles. The first-order chi connectivity index (χ1) is 14.1. The van der Waals surface area contributed by atoms with Crippen molar-refractivity contribution >= 4 is 35.0 Å². The Bertz CT molecular complexity index is 1100. The molecule has 0 bridgehead atoms. The Hall–Kier alpha value is -2.06. The van der Waals surface area contributed by atoms with Gasteiger partial charge in [0.05, 0.1) is 10.7 Å². The molecule has 0 N–H and O–H groups in total. The first-order valence-corrected chi connectivity index (χ1v) is 11.5. The summed E-state index contributed by atoms with van der Waals surface area (Å²) in [6, 6.07) is 5.58. The predicted octanol–water partition coefficient (Wildman–Crippen LogP) is 3.80. The highest BCUT2D eigenvalue weighted by Crippen LogP contribution is 2.41. The van der Waals surface area contributed by atoms with E-state index in [4.69, 9.17) is 11.6 Å². The van der Waals surface area contributed by atoms with Gasteiger partial charge < -0.3 is 4.90 Å². The van der Waals surface area contributed by atoms with E-state index < -0.39 is 0 Å². The second kappa shape index (κ2) is 7.65. The van der Waals surface area contributed by atoms with E-state index in [9.17, 15) is 4.79 Å². The van der Waals surface area contributed by atoms with E-state index in [1.54, 1.807) is 36.2 Å². The highest BCUT2D eigenvalue weighted by atomic mass is 35.5. The molecule has 0 aromatic carbocycles. The van der Waals surface area contributed by atoms with Crippen LogP contribution in [0.15, 0.2) is 34.3 Å². The summed E-state index contributed by atoms with van der Waals surface area (Å²) < 4.78 is 3.77.